The fourth-order valence-electron chi connectivity index (χ4n) is 1.41. The Bertz CT molecular complexity index is 388. The lowest BCUT2D eigenvalue weighted by Gasteiger charge is -2.26. The number of amides is 1. The van der Waals surface area contributed by atoms with E-state index in [0.29, 0.717) is 5.02 Å². The van der Waals surface area contributed by atoms with Crippen molar-refractivity contribution in [3.63, 3.8) is 0 Å². The summed E-state index contributed by atoms with van der Waals surface area (Å²) in [7, 11) is 0. The van der Waals surface area contributed by atoms with Crippen LogP contribution in [-0.4, -0.2) is 18.5 Å². The molecule has 1 aliphatic rings. The molecule has 1 fully saturated rings. The summed E-state index contributed by atoms with van der Waals surface area (Å²) in [5, 5.41) is 6.55. The van der Waals surface area contributed by atoms with Crippen molar-refractivity contribution in [3.8, 4) is 0 Å². The Morgan fingerprint density at radius 3 is 2.87 bits per heavy atom. The average Bonchev–Trinajstić information content (AvgIpc) is 2.08. The Hall–Kier alpha value is -1.06. The summed E-state index contributed by atoms with van der Waals surface area (Å²) < 4.78 is 0. The molecule has 1 heterocycles. The molecule has 1 aliphatic heterocycles. The van der Waals surface area contributed by atoms with Gasteiger partial charge in [-0.15, -0.1) is 0 Å². The molecular weight excluding hydrogens is 212 g/mol. The molecule has 0 aliphatic carbocycles. The van der Waals surface area contributed by atoms with Crippen LogP contribution in [0.3, 0.4) is 0 Å². The molecule has 2 N–H and O–H groups in total. The molecule has 0 radical (unpaired) electrons. The van der Waals surface area contributed by atoms with Gasteiger partial charge in [-0.1, -0.05) is 17.7 Å². The SMILES string of the molecule is Cc1ccc(NC(=O)[C@H]2CCN2)cc1Cl. The molecular formula is C11H13ClN2O. The maximum atomic E-state index is 11.6. The number of halogens is 1. The topological polar surface area (TPSA) is 41.1 Å². The van der Waals surface area contributed by atoms with Crippen LogP contribution in [0.1, 0.15) is 12.0 Å². The Morgan fingerprint density at radius 2 is 2.33 bits per heavy atom. The minimum Gasteiger partial charge on any atom is -0.325 e. The van der Waals surface area contributed by atoms with Gasteiger partial charge < -0.3 is 10.6 Å². The van der Waals surface area contributed by atoms with E-state index in [4.69, 9.17) is 11.6 Å². The van der Waals surface area contributed by atoms with Gasteiger partial charge >= 0.3 is 0 Å². The highest BCUT2D eigenvalue weighted by molar-refractivity contribution is 6.31. The maximum absolute atomic E-state index is 11.6. The first-order valence-corrected chi connectivity index (χ1v) is 5.35. The second kappa shape index (κ2) is 4.21. The lowest BCUT2D eigenvalue weighted by Crippen LogP contribution is -2.50. The highest BCUT2D eigenvalue weighted by Gasteiger charge is 2.24. The number of hydrogen-bond donors (Lipinski definition) is 2. The summed E-state index contributed by atoms with van der Waals surface area (Å²) in [6.45, 7) is 2.86. The molecule has 0 unspecified atom stereocenters. The molecule has 0 spiro atoms. The Morgan fingerprint density at radius 1 is 1.60 bits per heavy atom. The van der Waals surface area contributed by atoms with Gasteiger partial charge in [-0.25, -0.2) is 0 Å². The van der Waals surface area contributed by atoms with Crippen molar-refractivity contribution in [3.05, 3.63) is 28.8 Å². The van der Waals surface area contributed by atoms with Gasteiger partial charge in [0, 0.05) is 10.7 Å². The van der Waals surface area contributed by atoms with Gasteiger partial charge in [-0.2, -0.15) is 0 Å². The molecule has 1 aromatic carbocycles. The first-order chi connectivity index (χ1) is 7.16. The smallest absolute Gasteiger partial charge is 0.241 e. The summed E-state index contributed by atoms with van der Waals surface area (Å²) in [5.74, 6) is 0.0150. The van der Waals surface area contributed by atoms with Crippen molar-refractivity contribution in [1.82, 2.24) is 5.32 Å². The minimum absolute atomic E-state index is 0.0150. The molecule has 1 amide bonds. The predicted molar refractivity (Wildman–Crippen MR) is 61.2 cm³/mol. The molecule has 0 saturated carbocycles. The van der Waals surface area contributed by atoms with E-state index in [1.165, 1.54) is 0 Å². The molecule has 0 aromatic heterocycles. The van der Waals surface area contributed by atoms with Gasteiger partial charge in [0.05, 0.1) is 6.04 Å². The van der Waals surface area contributed by atoms with Gasteiger partial charge in [-0.3, -0.25) is 4.79 Å². The number of carbonyl (C=O) groups is 1. The van der Waals surface area contributed by atoms with E-state index >= 15 is 0 Å². The van der Waals surface area contributed by atoms with Crippen LogP contribution in [-0.2, 0) is 4.79 Å². The standard InChI is InChI=1S/C11H13ClN2O/c1-7-2-3-8(6-9(7)12)14-11(15)10-4-5-13-10/h2-3,6,10,13H,4-5H2,1H3,(H,14,15)/t10-/m1/s1. The number of rotatable bonds is 2. The van der Waals surface area contributed by atoms with E-state index in [-0.39, 0.29) is 11.9 Å². The van der Waals surface area contributed by atoms with Crippen molar-refractivity contribution in [2.75, 3.05) is 11.9 Å². The third-order valence-corrected chi connectivity index (χ3v) is 2.99. The zero-order valence-electron chi connectivity index (χ0n) is 8.51. The number of hydrogen-bond acceptors (Lipinski definition) is 2. The Kier molecular flexibility index (Phi) is 2.93. The molecule has 1 aromatic rings. The number of nitrogens with one attached hydrogen (secondary N) is 2. The third kappa shape index (κ3) is 2.30. The largest absolute Gasteiger partial charge is 0.325 e. The Labute approximate surface area is 93.8 Å². The van der Waals surface area contributed by atoms with Crippen molar-refractivity contribution in [2.24, 2.45) is 0 Å². The maximum Gasteiger partial charge on any atom is 0.241 e. The van der Waals surface area contributed by atoms with Crippen LogP contribution >= 0.6 is 11.6 Å². The van der Waals surface area contributed by atoms with E-state index in [1.807, 2.05) is 19.1 Å². The van der Waals surface area contributed by atoms with Crippen LogP contribution in [0.15, 0.2) is 18.2 Å². The quantitative estimate of drug-likeness (QED) is 0.806. The van der Waals surface area contributed by atoms with Gasteiger partial charge in [0.25, 0.3) is 0 Å². The number of benzene rings is 1. The summed E-state index contributed by atoms with van der Waals surface area (Å²) in [6, 6.07) is 5.49. The van der Waals surface area contributed by atoms with Crippen LogP contribution in [0.25, 0.3) is 0 Å². The van der Waals surface area contributed by atoms with Crippen LogP contribution in [0, 0.1) is 6.92 Å². The van der Waals surface area contributed by atoms with Crippen LogP contribution in [0.2, 0.25) is 5.02 Å². The molecule has 0 bridgehead atoms. The first-order valence-electron chi connectivity index (χ1n) is 4.97. The van der Waals surface area contributed by atoms with Crippen molar-refractivity contribution in [1.29, 1.82) is 0 Å². The first kappa shape index (κ1) is 10.5. The van der Waals surface area contributed by atoms with Crippen molar-refractivity contribution < 1.29 is 4.79 Å². The van der Waals surface area contributed by atoms with Gasteiger partial charge in [0.15, 0.2) is 0 Å². The number of carbonyl (C=O) groups excluding carboxylic acids is 1. The monoisotopic (exact) mass is 224 g/mol. The van der Waals surface area contributed by atoms with Crippen LogP contribution in [0.4, 0.5) is 5.69 Å². The van der Waals surface area contributed by atoms with Crippen LogP contribution in [0.5, 0.6) is 0 Å². The van der Waals surface area contributed by atoms with Gasteiger partial charge in [0.1, 0.15) is 0 Å². The molecule has 2 rings (SSSR count). The average molecular weight is 225 g/mol. The van der Waals surface area contributed by atoms with E-state index < -0.39 is 0 Å². The zero-order valence-corrected chi connectivity index (χ0v) is 9.27. The second-order valence-corrected chi connectivity index (χ2v) is 4.16. The summed E-state index contributed by atoms with van der Waals surface area (Å²) >= 11 is 5.96. The number of aryl methyl sites for hydroxylation is 1. The highest BCUT2D eigenvalue weighted by atomic mass is 35.5. The lowest BCUT2D eigenvalue weighted by molar-refractivity contribution is -0.119. The molecule has 80 valence electrons. The Balaban J connectivity index is 2.03. The summed E-state index contributed by atoms with van der Waals surface area (Å²) in [4.78, 5) is 11.6. The molecule has 1 atom stereocenters. The fraction of sp³-hybridized carbons (Fsp3) is 0.364. The molecule has 1 saturated heterocycles. The minimum atomic E-state index is -0.0370. The zero-order chi connectivity index (χ0) is 10.8. The summed E-state index contributed by atoms with van der Waals surface area (Å²) in [6.07, 6.45) is 0.908. The number of anilines is 1. The van der Waals surface area contributed by atoms with Crippen molar-refractivity contribution >= 4 is 23.2 Å². The normalized spacial score (nSPS) is 19.5. The second-order valence-electron chi connectivity index (χ2n) is 3.75. The third-order valence-electron chi connectivity index (χ3n) is 2.58. The lowest BCUT2D eigenvalue weighted by atomic mass is 10.1. The molecule has 4 heteroatoms. The van der Waals surface area contributed by atoms with Gasteiger partial charge in [-0.05, 0) is 37.6 Å². The van der Waals surface area contributed by atoms with Crippen LogP contribution < -0.4 is 10.6 Å². The predicted octanol–water partition coefficient (Wildman–Crippen LogP) is 1.95. The fourth-order valence-corrected chi connectivity index (χ4v) is 1.59. The molecule has 3 nitrogen and oxygen atoms in total. The highest BCUT2D eigenvalue weighted by Crippen LogP contribution is 2.20. The van der Waals surface area contributed by atoms with E-state index in [2.05, 4.69) is 10.6 Å². The molecule has 15 heavy (non-hydrogen) atoms. The van der Waals surface area contributed by atoms with Crippen molar-refractivity contribution in [2.45, 2.75) is 19.4 Å². The summed E-state index contributed by atoms with van der Waals surface area (Å²) in [5.41, 5.74) is 1.76. The van der Waals surface area contributed by atoms with E-state index in [0.717, 1.165) is 24.2 Å². The van der Waals surface area contributed by atoms with E-state index in [1.54, 1.807) is 6.07 Å². The van der Waals surface area contributed by atoms with Gasteiger partial charge in [0.2, 0.25) is 5.91 Å². The van der Waals surface area contributed by atoms with E-state index in [9.17, 15) is 4.79 Å².